The lowest BCUT2D eigenvalue weighted by Gasteiger charge is -2.24. The predicted molar refractivity (Wildman–Crippen MR) is 69.0 cm³/mol. The van der Waals surface area contributed by atoms with Gasteiger partial charge in [-0.2, -0.15) is 0 Å². The summed E-state index contributed by atoms with van der Waals surface area (Å²) in [7, 11) is 5.53. The number of nitrogens with zero attached hydrogens (tertiary/aromatic N) is 1. The van der Waals surface area contributed by atoms with Crippen molar-refractivity contribution in [1.29, 1.82) is 0 Å². The third-order valence-electron chi connectivity index (χ3n) is 2.93. The molecule has 1 rings (SSSR count). The number of hydrogen-bond acceptors (Lipinski definition) is 3. The van der Waals surface area contributed by atoms with Crippen molar-refractivity contribution in [3.05, 3.63) is 29.6 Å². The second-order valence-corrected chi connectivity index (χ2v) is 4.13. The zero-order valence-corrected chi connectivity index (χ0v) is 11.0. The van der Waals surface area contributed by atoms with Gasteiger partial charge in [-0.3, -0.25) is 0 Å². The molecule has 1 unspecified atom stereocenters. The first-order valence-electron chi connectivity index (χ1n) is 5.77. The Hall–Kier alpha value is -1.13. The van der Waals surface area contributed by atoms with Gasteiger partial charge in [0.2, 0.25) is 0 Å². The van der Waals surface area contributed by atoms with Gasteiger partial charge in [-0.25, -0.2) is 4.39 Å². The number of methoxy groups -OCH3 is 1. The van der Waals surface area contributed by atoms with Crippen molar-refractivity contribution in [3.8, 4) is 0 Å². The number of anilines is 1. The van der Waals surface area contributed by atoms with Crippen LogP contribution in [0.15, 0.2) is 18.2 Å². The molecule has 1 N–H and O–H groups in total. The number of benzene rings is 1. The number of halogens is 1. The van der Waals surface area contributed by atoms with Crippen LogP contribution >= 0.6 is 0 Å². The molecule has 3 nitrogen and oxygen atoms in total. The smallest absolute Gasteiger partial charge is 0.123 e. The van der Waals surface area contributed by atoms with Crippen molar-refractivity contribution in [2.45, 2.75) is 13.0 Å². The molecule has 0 bridgehead atoms. The Balaban J connectivity index is 2.96. The van der Waals surface area contributed by atoms with Gasteiger partial charge in [0.05, 0.1) is 6.61 Å². The Kier molecular flexibility index (Phi) is 5.38. The summed E-state index contributed by atoms with van der Waals surface area (Å²) in [6.07, 6.45) is 0. The molecule has 0 spiro atoms. The highest BCUT2D eigenvalue weighted by atomic mass is 19.1. The Morgan fingerprint density at radius 1 is 1.47 bits per heavy atom. The molecule has 1 atom stereocenters. The highest BCUT2D eigenvalue weighted by Gasteiger charge is 2.13. The molecule has 1 aromatic carbocycles. The fourth-order valence-electron chi connectivity index (χ4n) is 1.72. The van der Waals surface area contributed by atoms with Crippen molar-refractivity contribution < 1.29 is 9.13 Å². The summed E-state index contributed by atoms with van der Waals surface area (Å²) in [5.41, 5.74) is 2.00. The molecule has 0 fully saturated rings. The first-order valence-corrected chi connectivity index (χ1v) is 5.77. The molecule has 0 saturated carbocycles. The summed E-state index contributed by atoms with van der Waals surface area (Å²) in [6, 6.07) is 5.00. The fourth-order valence-corrected chi connectivity index (χ4v) is 1.72. The van der Waals surface area contributed by atoms with Crippen LogP contribution in [0, 0.1) is 5.82 Å². The minimum atomic E-state index is -0.203. The second kappa shape index (κ2) is 6.57. The maximum atomic E-state index is 13.3. The van der Waals surface area contributed by atoms with E-state index < -0.39 is 0 Å². The van der Waals surface area contributed by atoms with E-state index in [1.54, 1.807) is 13.2 Å². The predicted octanol–water partition coefficient (Wildman–Crippen LogP) is 2.19. The summed E-state index contributed by atoms with van der Waals surface area (Å²) in [6.45, 7) is 3.45. The summed E-state index contributed by atoms with van der Waals surface area (Å²) in [5.74, 6) is -0.203. The van der Waals surface area contributed by atoms with Crippen molar-refractivity contribution in [1.82, 2.24) is 5.32 Å². The van der Waals surface area contributed by atoms with Gasteiger partial charge in [0, 0.05) is 32.4 Å². The molecule has 0 aliphatic heterocycles. The largest absolute Gasteiger partial charge is 0.383 e. The summed E-state index contributed by atoms with van der Waals surface area (Å²) >= 11 is 0. The maximum Gasteiger partial charge on any atom is 0.123 e. The molecule has 0 radical (unpaired) electrons. The average molecular weight is 240 g/mol. The van der Waals surface area contributed by atoms with Gasteiger partial charge in [-0.15, -0.1) is 0 Å². The minimum absolute atomic E-state index is 0.116. The van der Waals surface area contributed by atoms with E-state index in [9.17, 15) is 4.39 Å². The van der Waals surface area contributed by atoms with Gasteiger partial charge in [0.1, 0.15) is 5.82 Å². The molecular weight excluding hydrogens is 219 g/mol. The average Bonchev–Trinajstić information content (AvgIpc) is 2.34. The minimum Gasteiger partial charge on any atom is -0.383 e. The molecule has 4 heteroatoms. The molecule has 0 amide bonds. The Labute approximate surface area is 103 Å². The lowest BCUT2D eigenvalue weighted by molar-refractivity contribution is 0.206. The fraction of sp³-hybridized carbons (Fsp3) is 0.538. The highest BCUT2D eigenvalue weighted by Crippen LogP contribution is 2.26. The van der Waals surface area contributed by atoms with E-state index >= 15 is 0 Å². The van der Waals surface area contributed by atoms with E-state index in [1.807, 2.05) is 27.1 Å². The summed E-state index contributed by atoms with van der Waals surface area (Å²) in [5, 5.41) is 3.14. The topological polar surface area (TPSA) is 24.5 Å². The Morgan fingerprint density at radius 2 is 2.18 bits per heavy atom. The van der Waals surface area contributed by atoms with Crippen molar-refractivity contribution in [2.75, 3.05) is 39.3 Å². The SMILES string of the molecule is CNC(C)c1cc(F)ccc1N(C)CCOC. The van der Waals surface area contributed by atoms with Crippen molar-refractivity contribution in [3.63, 3.8) is 0 Å². The molecule has 0 aliphatic carbocycles. The molecule has 0 aromatic heterocycles. The van der Waals surface area contributed by atoms with Gasteiger partial charge in [0.25, 0.3) is 0 Å². The summed E-state index contributed by atoms with van der Waals surface area (Å²) < 4.78 is 18.3. The van der Waals surface area contributed by atoms with E-state index in [4.69, 9.17) is 4.74 Å². The highest BCUT2D eigenvalue weighted by molar-refractivity contribution is 5.54. The molecular formula is C13H21FN2O. The van der Waals surface area contributed by atoms with E-state index in [2.05, 4.69) is 10.2 Å². The second-order valence-electron chi connectivity index (χ2n) is 4.13. The van der Waals surface area contributed by atoms with Gasteiger partial charge in [-0.1, -0.05) is 0 Å². The number of ether oxygens (including phenoxy) is 1. The molecule has 0 aliphatic rings. The number of likely N-dealkylation sites (N-methyl/N-ethyl adjacent to an activating group) is 1. The first kappa shape index (κ1) is 13.9. The number of nitrogens with one attached hydrogen (secondary N) is 1. The monoisotopic (exact) mass is 240 g/mol. The van der Waals surface area contributed by atoms with Crippen LogP contribution in [0.5, 0.6) is 0 Å². The normalized spacial score (nSPS) is 12.5. The van der Waals surface area contributed by atoms with Gasteiger partial charge < -0.3 is 15.0 Å². The van der Waals surface area contributed by atoms with Gasteiger partial charge in [-0.05, 0) is 37.7 Å². The lowest BCUT2D eigenvalue weighted by Crippen LogP contribution is -2.25. The van der Waals surface area contributed by atoms with Crippen LogP contribution in [-0.2, 0) is 4.74 Å². The van der Waals surface area contributed by atoms with Gasteiger partial charge >= 0.3 is 0 Å². The molecule has 0 saturated heterocycles. The molecule has 0 heterocycles. The molecule has 96 valence electrons. The van der Waals surface area contributed by atoms with Crippen LogP contribution in [0.4, 0.5) is 10.1 Å². The Bertz CT molecular complexity index is 357. The van der Waals surface area contributed by atoms with E-state index in [0.29, 0.717) is 6.61 Å². The zero-order valence-electron chi connectivity index (χ0n) is 11.0. The first-order chi connectivity index (χ1) is 8.10. The van der Waals surface area contributed by atoms with Crippen LogP contribution in [0.25, 0.3) is 0 Å². The quantitative estimate of drug-likeness (QED) is 0.825. The lowest BCUT2D eigenvalue weighted by atomic mass is 10.1. The Morgan fingerprint density at radius 3 is 2.76 bits per heavy atom. The van der Waals surface area contributed by atoms with Crippen molar-refractivity contribution in [2.24, 2.45) is 0 Å². The number of rotatable bonds is 6. The van der Waals surface area contributed by atoms with Crippen molar-refractivity contribution >= 4 is 5.69 Å². The molecule has 17 heavy (non-hydrogen) atoms. The molecule has 1 aromatic rings. The standard InChI is InChI=1S/C13H21FN2O/c1-10(15-2)12-9-11(14)5-6-13(12)16(3)7-8-17-4/h5-6,9-10,15H,7-8H2,1-4H3. The van der Waals surface area contributed by atoms with Crippen LogP contribution in [0.2, 0.25) is 0 Å². The van der Waals surface area contributed by atoms with E-state index in [0.717, 1.165) is 17.8 Å². The zero-order chi connectivity index (χ0) is 12.8. The third-order valence-corrected chi connectivity index (χ3v) is 2.93. The van der Waals surface area contributed by atoms with E-state index in [1.165, 1.54) is 6.07 Å². The van der Waals surface area contributed by atoms with Crippen LogP contribution in [0.1, 0.15) is 18.5 Å². The number of hydrogen-bond donors (Lipinski definition) is 1. The van der Waals surface area contributed by atoms with Crippen LogP contribution in [-0.4, -0.2) is 34.4 Å². The van der Waals surface area contributed by atoms with Crippen LogP contribution in [0.3, 0.4) is 0 Å². The maximum absolute atomic E-state index is 13.3. The third kappa shape index (κ3) is 3.68. The van der Waals surface area contributed by atoms with Crippen LogP contribution < -0.4 is 10.2 Å². The summed E-state index contributed by atoms with van der Waals surface area (Å²) in [4.78, 5) is 2.08. The van der Waals surface area contributed by atoms with E-state index in [-0.39, 0.29) is 11.9 Å². The van der Waals surface area contributed by atoms with Gasteiger partial charge in [0.15, 0.2) is 0 Å².